The lowest BCUT2D eigenvalue weighted by atomic mass is 10.1. The number of nitrogens with two attached hydrogens (primary N) is 1. The van der Waals surface area contributed by atoms with E-state index in [9.17, 15) is 4.79 Å². The van der Waals surface area contributed by atoms with Crippen LogP contribution in [0.4, 0.5) is 4.79 Å². The minimum atomic E-state index is -0.711. The van der Waals surface area contributed by atoms with Crippen molar-refractivity contribution >= 4 is 11.8 Å². The van der Waals surface area contributed by atoms with Crippen LogP contribution in [0.3, 0.4) is 0 Å². The number of primary amides is 1. The largest absolute Gasteiger partial charge is 0.450 e. The molecule has 0 atom stereocenters. The van der Waals surface area contributed by atoms with Crippen LogP contribution in [0.15, 0.2) is 24.3 Å². The number of benzene rings is 1. The molecule has 0 fully saturated rings. The quantitative estimate of drug-likeness (QED) is 0.758. The summed E-state index contributed by atoms with van der Waals surface area (Å²) in [7, 11) is 0. The molecule has 0 unspecified atom stereocenters. The smallest absolute Gasteiger partial charge is 0.404 e. The average Bonchev–Trinajstić information content (AvgIpc) is 2.58. The summed E-state index contributed by atoms with van der Waals surface area (Å²) in [6.45, 7) is 2.06. The number of amides is 1. The molecule has 4 nitrogen and oxygen atoms in total. The monoisotopic (exact) mass is 220 g/mol. The van der Waals surface area contributed by atoms with E-state index in [0.717, 1.165) is 18.6 Å². The van der Waals surface area contributed by atoms with E-state index in [4.69, 9.17) is 5.41 Å². The van der Waals surface area contributed by atoms with E-state index < -0.39 is 6.09 Å². The van der Waals surface area contributed by atoms with Gasteiger partial charge in [-0.3, -0.25) is 0 Å². The molecule has 0 spiro atoms. The predicted octanol–water partition coefficient (Wildman–Crippen LogP) is 1.91. The molecule has 0 heterocycles. The highest BCUT2D eigenvalue weighted by molar-refractivity contribution is 5.90. The Morgan fingerprint density at radius 1 is 1.38 bits per heavy atom. The summed E-state index contributed by atoms with van der Waals surface area (Å²) in [5.41, 5.74) is 8.07. The van der Waals surface area contributed by atoms with Gasteiger partial charge < -0.3 is 15.9 Å². The van der Waals surface area contributed by atoms with E-state index in [0.29, 0.717) is 6.61 Å². The van der Waals surface area contributed by atoms with Crippen LogP contribution in [0.2, 0.25) is 0 Å². The molecule has 1 aromatic carbocycles. The lowest BCUT2D eigenvalue weighted by molar-refractivity contribution is 0.163. The zero-order valence-electron chi connectivity index (χ0n) is 9.32. The van der Waals surface area contributed by atoms with Gasteiger partial charge in [0.15, 0.2) is 0 Å². The summed E-state index contributed by atoms with van der Waals surface area (Å²) in [6.07, 6.45) is 1.03. The number of fused-ring (bicyclic) bond motifs is 1. The van der Waals surface area contributed by atoms with Gasteiger partial charge in [0.2, 0.25) is 0 Å². The van der Waals surface area contributed by atoms with Crippen LogP contribution in [0.5, 0.6) is 0 Å². The molecule has 1 amide bonds. The maximum atomic E-state index is 9.60. The molecule has 0 bridgehead atoms. The van der Waals surface area contributed by atoms with Gasteiger partial charge in [-0.1, -0.05) is 24.3 Å². The van der Waals surface area contributed by atoms with Gasteiger partial charge in [0.1, 0.15) is 0 Å². The van der Waals surface area contributed by atoms with Crippen LogP contribution in [0.25, 0.3) is 0 Å². The van der Waals surface area contributed by atoms with Crippen LogP contribution in [-0.4, -0.2) is 18.4 Å². The third-order valence-corrected chi connectivity index (χ3v) is 2.21. The van der Waals surface area contributed by atoms with Crippen molar-refractivity contribution in [1.29, 1.82) is 5.41 Å². The van der Waals surface area contributed by atoms with Crippen LogP contribution in [0.1, 0.15) is 18.1 Å². The fourth-order valence-corrected chi connectivity index (χ4v) is 1.57. The first-order valence-electron chi connectivity index (χ1n) is 5.18. The number of hydrogen-bond donors (Lipinski definition) is 2. The first-order valence-corrected chi connectivity index (χ1v) is 5.18. The molecule has 0 radical (unpaired) electrons. The standard InChI is InChI=1S/C9H9N.C3H7NO2/c10-9-5-7-3-1-2-4-8(7)6-9;1-2-6-3(4)5/h1-4,10H,5-6H2;2H2,1H3,(H2,4,5). The highest BCUT2D eigenvalue weighted by Gasteiger charge is 2.13. The van der Waals surface area contributed by atoms with Crippen LogP contribution < -0.4 is 5.73 Å². The minimum Gasteiger partial charge on any atom is -0.450 e. The Kier molecular flexibility index (Phi) is 4.51. The van der Waals surface area contributed by atoms with Gasteiger partial charge in [-0.2, -0.15) is 0 Å². The molecule has 4 heteroatoms. The third kappa shape index (κ3) is 3.73. The first-order chi connectivity index (χ1) is 7.63. The van der Waals surface area contributed by atoms with Crippen molar-refractivity contribution in [3.63, 3.8) is 0 Å². The van der Waals surface area contributed by atoms with Gasteiger partial charge in [0.25, 0.3) is 0 Å². The van der Waals surface area contributed by atoms with E-state index >= 15 is 0 Å². The van der Waals surface area contributed by atoms with Gasteiger partial charge in [-0.05, 0) is 18.1 Å². The maximum absolute atomic E-state index is 9.60. The Morgan fingerprint density at radius 3 is 2.19 bits per heavy atom. The summed E-state index contributed by atoms with van der Waals surface area (Å²) >= 11 is 0. The van der Waals surface area contributed by atoms with Crippen molar-refractivity contribution in [3.8, 4) is 0 Å². The molecule has 0 aromatic heterocycles. The highest BCUT2D eigenvalue weighted by Crippen LogP contribution is 2.18. The molecular weight excluding hydrogens is 204 g/mol. The Bertz CT molecular complexity index is 361. The van der Waals surface area contributed by atoms with E-state index in [1.54, 1.807) is 6.92 Å². The fraction of sp³-hybridized carbons (Fsp3) is 0.333. The summed E-state index contributed by atoms with van der Waals surface area (Å²) < 4.78 is 4.18. The molecule has 16 heavy (non-hydrogen) atoms. The SMILES string of the molecule is CCOC(N)=O.N=C1Cc2ccccc2C1. The lowest BCUT2D eigenvalue weighted by Gasteiger charge is -1.92. The summed E-state index contributed by atoms with van der Waals surface area (Å²) in [5.74, 6) is 0. The molecule has 86 valence electrons. The summed E-state index contributed by atoms with van der Waals surface area (Å²) in [4.78, 5) is 9.60. The highest BCUT2D eigenvalue weighted by atomic mass is 16.5. The zero-order valence-corrected chi connectivity index (χ0v) is 9.32. The van der Waals surface area contributed by atoms with E-state index in [1.807, 2.05) is 12.1 Å². The number of carbonyl (C=O) groups excluding carboxylic acids is 1. The Morgan fingerprint density at radius 2 is 1.88 bits per heavy atom. The molecule has 1 aromatic rings. The zero-order chi connectivity index (χ0) is 12.0. The molecule has 1 aliphatic carbocycles. The average molecular weight is 220 g/mol. The maximum Gasteiger partial charge on any atom is 0.404 e. The Hall–Kier alpha value is -1.84. The number of ether oxygens (including phenoxy) is 1. The minimum absolute atomic E-state index is 0.356. The predicted molar refractivity (Wildman–Crippen MR) is 62.8 cm³/mol. The van der Waals surface area contributed by atoms with Gasteiger partial charge >= 0.3 is 6.09 Å². The molecule has 0 saturated carbocycles. The van der Waals surface area contributed by atoms with E-state index in [-0.39, 0.29) is 0 Å². The number of rotatable bonds is 1. The second-order valence-electron chi connectivity index (χ2n) is 3.48. The van der Waals surface area contributed by atoms with Crippen LogP contribution in [-0.2, 0) is 17.6 Å². The third-order valence-electron chi connectivity index (χ3n) is 2.21. The number of carbonyl (C=O) groups is 1. The molecular formula is C12H16N2O2. The Balaban J connectivity index is 0.000000187. The fourth-order valence-electron chi connectivity index (χ4n) is 1.57. The van der Waals surface area contributed by atoms with Crippen molar-refractivity contribution in [2.24, 2.45) is 5.73 Å². The van der Waals surface area contributed by atoms with Gasteiger partial charge in [0.05, 0.1) is 6.61 Å². The lowest BCUT2D eigenvalue weighted by Crippen LogP contribution is -2.11. The second kappa shape index (κ2) is 5.90. The van der Waals surface area contributed by atoms with E-state index in [1.165, 1.54) is 11.1 Å². The van der Waals surface area contributed by atoms with Crippen molar-refractivity contribution < 1.29 is 9.53 Å². The van der Waals surface area contributed by atoms with Crippen molar-refractivity contribution in [3.05, 3.63) is 35.4 Å². The van der Waals surface area contributed by atoms with Crippen molar-refractivity contribution in [2.75, 3.05) is 6.61 Å². The van der Waals surface area contributed by atoms with Gasteiger partial charge in [-0.15, -0.1) is 0 Å². The topological polar surface area (TPSA) is 76.2 Å². The van der Waals surface area contributed by atoms with Gasteiger partial charge in [-0.25, -0.2) is 4.79 Å². The molecule has 0 aliphatic heterocycles. The van der Waals surface area contributed by atoms with Crippen LogP contribution in [0, 0.1) is 5.41 Å². The molecule has 1 aliphatic rings. The van der Waals surface area contributed by atoms with E-state index in [2.05, 4.69) is 22.6 Å². The van der Waals surface area contributed by atoms with Crippen LogP contribution >= 0.6 is 0 Å². The summed E-state index contributed by atoms with van der Waals surface area (Å²) in [5, 5.41) is 7.43. The summed E-state index contributed by atoms with van der Waals surface area (Å²) in [6, 6.07) is 8.29. The first kappa shape index (κ1) is 12.2. The number of nitrogens with one attached hydrogen (secondary N) is 1. The normalized spacial score (nSPS) is 12.4. The molecule has 3 N–H and O–H groups in total. The van der Waals surface area contributed by atoms with Crippen molar-refractivity contribution in [2.45, 2.75) is 19.8 Å². The number of hydrogen-bond acceptors (Lipinski definition) is 3. The molecule has 2 rings (SSSR count). The van der Waals surface area contributed by atoms with Crippen molar-refractivity contribution in [1.82, 2.24) is 0 Å². The second-order valence-corrected chi connectivity index (χ2v) is 3.48. The Labute approximate surface area is 94.9 Å². The molecule has 0 saturated heterocycles. The van der Waals surface area contributed by atoms with Gasteiger partial charge in [0, 0.05) is 18.6 Å².